The maximum atomic E-state index is 12.0. The van der Waals surface area contributed by atoms with Crippen molar-refractivity contribution in [1.29, 1.82) is 0 Å². The Hall–Kier alpha value is -1.18. The highest BCUT2D eigenvalue weighted by atomic mass is 79.9. The van der Waals surface area contributed by atoms with Crippen molar-refractivity contribution >= 4 is 42.5 Å². The van der Waals surface area contributed by atoms with Crippen LogP contribution in [0.1, 0.15) is 12.8 Å². The predicted octanol–water partition coefficient (Wildman–Crippen LogP) is 2.48. The Morgan fingerprint density at radius 1 is 1.30 bits per heavy atom. The number of nitrogens with one attached hydrogen (secondary N) is 1. The fourth-order valence-electron chi connectivity index (χ4n) is 1.87. The van der Waals surface area contributed by atoms with E-state index in [1.807, 2.05) is 12.1 Å². The zero-order chi connectivity index (χ0) is 14.6. The number of unbranched alkanes of at least 4 members (excludes halogenated alkanes) is 1. The first kappa shape index (κ1) is 15.2. The molecule has 7 heteroatoms. The summed E-state index contributed by atoms with van der Waals surface area (Å²) in [5.74, 6) is 0.0666. The van der Waals surface area contributed by atoms with Crippen LogP contribution in [-0.4, -0.2) is 25.7 Å². The third kappa shape index (κ3) is 3.91. The van der Waals surface area contributed by atoms with Gasteiger partial charge in [-0.1, -0.05) is 12.1 Å². The summed E-state index contributed by atoms with van der Waals surface area (Å²) in [5, 5.41) is 0.876. The van der Waals surface area contributed by atoms with Gasteiger partial charge >= 0.3 is 0 Å². The summed E-state index contributed by atoms with van der Waals surface area (Å²) in [5.41, 5.74) is 6.51. The Balaban J connectivity index is 2.25. The van der Waals surface area contributed by atoms with E-state index in [1.54, 1.807) is 18.3 Å². The van der Waals surface area contributed by atoms with Crippen molar-refractivity contribution in [2.75, 3.05) is 17.0 Å². The van der Waals surface area contributed by atoms with Crippen molar-refractivity contribution in [1.82, 2.24) is 4.98 Å². The van der Waals surface area contributed by atoms with Crippen molar-refractivity contribution in [2.45, 2.75) is 12.8 Å². The fourth-order valence-corrected chi connectivity index (χ4v) is 3.41. The van der Waals surface area contributed by atoms with Crippen molar-refractivity contribution in [3.63, 3.8) is 0 Å². The molecule has 0 bridgehead atoms. The molecular weight excluding hydrogens is 342 g/mol. The molecule has 1 aromatic heterocycles. The second kappa shape index (κ2) is 6.51. The monoisotopic (exact) mass is 357 g/mol. The summed E-state index contributed by atoms with van der Waals surface area (Å²) in [7, 11) is -3.37. The Morgan fingerprint density at radius 2 is 2.10 bits per heavy atom. The second-order valence-corrected chi connectivity index (χ2v) is 7.21. The fraction of sp³-hybridized carbons (Fsp3) is 0.308. The van der Waals surface area contributed by atoms with Gasteiger partial charge in [-0.25, -0.2) is 8.42 Å². The van der Waals surface area contributed by atoms with Gasteiger partial charge in [-0.05, 0) is 47.4 Å². The third-order valence-electron chi connectivity index (χ3n) is 2.81. The van der Waals surface area contributed by atoms with Gasteiger partial charge in [-0.15, -0.1) is 0 Å². The summed E-state index contributed by atoms with van der Waals surface area (Å²) in [4.78, 5) is 4.27. The van der Waals surface area contributed by atoms with Crippen molar-refractivity contribution < 1.29 is 8.42 Å². The molecule has 3 N–H and O–H groups in total. The van der Waals surface area contributed by atoms with E-state index in [1.165, 1.54) is 0 Å². The van der Waals surface area contributed by atoms with Gasteiger partial charge in [0.1, 0.15) is 0 Å². The van der Waals surface area contributed by atoms with Crippen molar-refractivity contribution in [2.24, 2.45) is 5.73 Å². The van der Waals surface area contributed by atoms with Crippen LogP contribution in [0.3, 0.4) is 0 Å². The van der Waals surface area contributed by atoms with Gasteiger partial charge in [0, 0.05) is 16.1 Å². The number of anilines is 1. The summed E-state index contributed by atoms with van der Waals surface area (Å²) < 4.78 is 27.4. The van der Waals surface area contributed by atoms with Gasteiger partial charge in [0.2, 0.25) is 10.0 Å². The lowest BCUT2D eigenvalue weighted by atomic mass is 10.2. The average Bonchev–Trinajstić information content (AvgIpc) is 2.38. The molecule has 0 aliphatic carbocycles. The van der Waals surface area contributed by atoms with Crippen molar-refractivity contribution in [3.05, 3.63) is 34.9 Å². The lowest BCUT2D eigenvalue weighted by Crippen LogP contribution is -2.17. The summed E-state index contributed by atoms with van der Waals surface area (Å²) in [6.07, 6.45) is 2.89. The number of pyridine rings is 1. The smallest absolute Gasteiger partial charge is 0.232 e. The first-order valence-corrected chi connectivity index (χ1v) is 8.71. The molecule has 0 saturated heterocycles. The summed E-state index contributed by atoms with van der Waals surface area (Å²) >= 11 is 3.35. The Kier molecular flexibility index (Phi) is 4.95. The lowest BCUT2D eigenvalue weighted by Gasteiger charge is -2.10. The van der Waals surface area contributed by atoms with Crippen LogP contribution in [0.2, 0.25) is 0 Å². The molecule has 0 radical (unpaired) electrons. The molecular formula is C13H16BrN3O2S. The maximum Gasteiger partial charge on any atom is 0.232 e. The standard InChI is InChI=1S/C13H16BrN3O2S/c14-11-8-10-4-3-5-12(13(10)16-9-11)17-20(18,19)7-2-1-6-15/h3-5,8-9,17H,1-2,6-7,15H2. The van der Waals surface area contributed by atoms with E-state index in [2.05, 4.69) is 25.6 Å². The molecule has 2 rings (SSSR count). The molecule has 0 spiro atoms. The molecule has 2 aromatic rings. The van der Waals surface area contributed by atoms with E-state index in [-0.39, 0.29) is 5.75 Å². The molecule has 0 unspecified atom stereocenters. The van der Waals surface area contributed by atoms with Gasteiger partial charge in [-0.3, -0.25) is 9.71 Å². The van der Waals surface area contributed by atoms with Crippen LogP contribution in [0, 0.1) is 0 Å². The molecule has 0 atom stereocenters. The predicted molar refractivity (Wildman–Crippen MR) is 85.1 cm³/mol. The second-order valence-electron chi connectivity index (χ2n) is 4.45. The highest BCUT2D eigenvalue weighted by molar-refractivity contribution is 9.10. The van der Waals surface area contributed by atoms with E-state index in [4.69, 9.17) is 5.73 Å². The Morgan fingerprint density at radius 3 is 2.85 bits per heavy atom. The number of rotatable bonds is 6. The minimum absolute atomic E-state index is 0.0666. The highest BCUT2D eigenvalue weighted by Gasteiger charge is 2.12. The van der Waals surface area contributed by atoms with E-state index in [9.17, 15) is 8.42 Å². The molecule has 5 nitrogen and oxygen atoms in total. The van der Waals surface area contributed by atoms with E-state index < -0.39 is 10.0 Å². The topological polar surface area (TPSA) is 85.1 Å². The molecule has 20 heavy (non-hydrogen) atoms. The van der Waals surface area contributed by atoms with Crippen LogP contribution >= 0.6 is 15.9 Å². The first-order chi connectivity index (χ1) is 9.52. The molecule has 0 amide bonds. The summed E-state index contributed by atoms with van der Waals surface area (Å²) in [6, 6.07) is 7.30. The molecule has 0 aliphatic heterocycles. The van der Waals surface area contributed by atoms with Crippen molar-refractivity contribution in [3.8, 4) is 0 Å². The van der Waals surface area contributed by atoms with E-state index in [0.717, 1.165) is 9.86 Å². The van der Waals surface area contributed by atoms with Crippen LogP contribution in [0.5, 0.6) is 0 Å². The molecule has 108 valence electrons. The maximum absolute atomic E-state index is 12.0. The molecule has 0 saturated carbocycles. The number of aromatic nitrogens is 1. The highest BCUT2D eigenvalue weighted by Crippen LogP contribution is 2.24. The van der Waals surface area contributed by atoms with Crippen LogP contribution in [0.4, 0.5) is 5.69 Å². The Bertz CT molecular complexity index is 704. The number of fused-ring (bicyclic) bond motifs is 1. The van der Waals surface area contributed by atoms with Crippen LogP contribution in [0.25, 0.3) is 10.9 Å². The molecule has 1 aromatic carbocycles. The quantitative estimate of drug-likeness (QED) is 0.777. The van der Waals surface area contributed by atoms with Gasteiger partial charge < -0.3 is 5.73 Å². The van der Waals surface area contributed by atoms with Crippen LogP contribution in [-0.2, 0) is 10.0 Å². The Labute approximate surface area is 126 Å². The molecule has 0 aliphatic rings. The number of nitrogens with zero attached hydrogens (tertiary/aromatic N) is 1. The minimum Gasteiger partial charge on any atom is -0.330 e. The normalized spacial score (nSPS) is 11.7. The number of benzene rings is 1. The van der Waals surface area contributed by atoms with E-state index >= 15 is 0 Å². The summed E-state index contributed by atoms with van der Waals surface area (Å²) in [6.45, 7) is 0.499. The number of para-hydroxylation sites is 1. The number of halogens is 1. The SMILES string of the molecule is NCCCCS(=O)(=O)Nc1cccc2cc(Br)cnc12. The molecule has 0 fully saturated rings. The number of nitrogens with two attached hydrogens (primary N) is 1. The van der Waals surface area contributed by atoms with Gasteiger partial charge in [0.15, 0.2) is 0 Å². The van der Waals surface area contributed by atoms with Crippen LogP contribution in [0.15, 0.2) is 34.9 Å². The zero-order valence-electron chi connectivity index (χ0n) is 10.8. The number of sulfonamides is 1. The van der Waals surface area contributed by atoms with Gasteiger partial charge in [-0.2, -0.15) is 0 Å². The molecule has 1 heterocycles. The van der Waals surface area contributed by atoms with Gasteiger partial charge in [0.25, 0.3) is 0 Å². The van der Waals surface area contributed by atoms with Crippen LogP contribution < -0.4 is 10.5 Å². The van der Waals surface area contributed by atoms with E-state index in [0.29, 0.717) is 30.6 Å². The zero-order valence-corrected chi connectivity index (χ0v) is 13.2. The first-order valence-electron chi connectivity index (χ1n) is 6.27. The largest absolute Gasteiger partial charge is 0.330 e. The minimum atomic E-state index is -3.37. The lowest BCUT2D eigenvalue weighted by molar-refractivity contribution is 0.597. The van der Waals surface area contributed by atoms with Gasteiger partial charge in [0.05, 0.1) is 17.0 Å². The number of hydrogen-bond acceptors (Lipinski definition) is 4. The average molecular weight is 358 g/mol. The third-order valence-corrected chi connectivity index (χ3v) is 4.60. The number of hydrogen-bond donors (Lipinski definition) is 2.